The summed E-state index contributed by atoms with van der Waals surface area (Å²) in [6, 6.07) is 10.2. The van der Waals surface area contributed by atoms with E-state index in [2.05, 4.69) is 24.0 Å². The predicted molar refractivity (Wildman–Crippen MR) is 129 cm³/mol. The molecule has 1 amide bonds. The summed E-state index contributed by atoms with van der Waals surface area (Å²) in [7, 11) is 0. The van der Waals surface area contributed by atoms with E-state index in [0.717, 1.165) is 35.9 Å². The van der Waals surface area contributed by atoms with Crippen LogP contribution < -0.4 is 10.9 Å². The first-order valence-electron chi connectivity index (χ1n) is 10.7. The quantitative estimate of drug-likeness (QED) is 0.313. The van der Waals surface area contributed by atoms with Gasteiger partial charge < -0.3 is 5.32 Å². The second-order valence-corrected chi connectivity index (χ2v) is 10.2. The lowest BCUT2D eigenvalue weighted by Crippen LogP contribution is -2.32. The molecular formula is C24H27N3O2S2. The molecule has 1 atom stereocenters. The fourth-order valence-electron chi connectivity index (χ4n) is 3.92. The van der Waals surface area contributed by atoms with Crippen LogP contribution in [0.25, 0.3) is 10.2 Å². The molecule has 4 rings (SSSR count). The van der Waals surface area contributed by atoms with Crippen LogP contribution in [-0.4, -0.2) is 27.3 Å². The molecule has 0 saturated heterocycles. The van der Waals surface area contributed by atoms with Crippen LogP contribution in [-0.2, 0) is 30.6 Å². The zero-order valence-corrected chi connectivity index (χ0v) is 19.4. The van der Waals surface area contributed by atoms with Crippen LogP contribution in [0.4, 0.5) is 0 Å². The van der Waals surface area contributed by atoms with Gasteiger partial charge in [-0.25, -0.2) is 4.98 Å². The number of fused-ring (bicyclic) bond motifs is 3. The minimum atomic E-state index is -0.359. The Kier molecular flexibility index (Phi) is 6.92. The Balaban J connectivity index is 1.72. The van der Waals surface area contributed by atoms with E-state index in [1.54, 1.807) is 22.0 Å². The zero-order chi connectivity index (χ0) is 21.8. The van der Waals surface area contributed by atoms with Crippen LogP contribution in [0.2, 0.25) is 0 Å². The monoisotopic (exact) mass is 453 g/mol. The number of carbonyl (C=O) groups is 1. The van der Waals surface area contributed by atoms with Crippen molar-refractivity contribution in [2.45, 2.75) is 56.0 Å². The SMILES string of the molecule is C=CCNC(=O)C(C)Sc1nc2sc3c(c2c(=O)n1CCc1ccccc1)CCCC3. The maximum absolute atomic E-state index is 13.6. The normalized spacial score (nSPS) is 14.2. The van der Waals surface area contributed by atoms with E-state index in [9.17, 15) is 9.59 Å². The van der Waals surface area contributed by atoms with E-state index >= 15 is 0 Å². The van der Waals surface area contributed by atoms with Crippen LogP contribution in [0, 0.1) is 0 Å². The summed E-state index contributed by atoms with van der Waals surface area (Å²) in [6.07, 6.45) is 6.68. The highest BCUT2D eigenvalue weighted by Crippen LogP contribution is 2.35. The average Bonchev–Trinajstić information content (AvgIpc) is 3.16. The van der Waals surface area contributed by atoms with E-state index in [0.29, 0.717) is 18.2 Å². The second-order valence-electron chi connectivity index (χ2n) is 7.77. The minimum Gasteiger partial charge on any atom is -0.352 e. The predicted octanol–water partition coefficient (Wildman–Crippen LogP) is 4.36. The summed E-state index contributed by atoms with van der Waals surface area (Å²) in [6.45, 7) is 6.46. The molecule has 162 valence electrons. The fraction of sp³-hybridized carbons (Fsp3) is 0.375. The number of rotatable bonds is 8. The average molecular weight is 454 g/mol. The molecule has 2 heterocycles. The molecule has 0 aliphatic heterocycles. The molecule has 0 saturated carbocycles. The third kappa shape index (κ3) is 4.77. The van der Waals surface area contributed by atoms with Crippen LogP contribution in [0.5, 0.6) is 0 Å². The van der Waals surface area contributed by atoms with Gasteiger partial charge >= 0.3 is 0 Å². The van der Waals surface area contributed by atoms with Gasteiger partial charge in [0.2, 0.25) is 5.91 Å². The molecule has 2 aromatic heterocycles. The van der Waals surface area contributed by atoms with Crippen molar-refractivity contribution in [2.24, 2.45) is 0 Å². The highest BCUT2D eigenvalue weighted by Gasteiger charge is 2.24. The summed E-state index contributed by atoms with van der Waals surface area (Å²) in [4.78, 5) is 33.1. The lowest BCUT2D eigenvalue weighted by molar-refractivity contribution is -0.120. The number of nitrogens with one attached hydrogen (secondary N) is 1. The number of thiophene rings is 1. The number of thioether (sulfide) groups is 1. The largest absolute Gasteiger partial charge is 0.352 e. The molecule has 31 heavy (non-hydrogen) atoms. The van der Waals surface area contributed by atoms with Crippen molar-refractivity contribution in [3.8, 4) is 0 Å². The number of benzene rings is 1. The van der Waals surface area contributed by atoms with Gasteiger partial charge in [-0.1, -0.05) is 48.2 Å². The van der Waals surface area contributed by atoms with Gasteiger partial charge in [0.05, 0.1) is 10.6 Å². The van der Waals surface area contributed by atoms with Crippen LogP contribution in [0.15, 0.2) is 52.9 Å². The van der Waals surface area contributed by atoms with Crippen molar-refractivity contribution in [3.63, 3.8) is 0 Å². The fourth-order valence-corrected chi connectivity index (χ4v) is 6.18. The molecule has 0 spiro atoms. The van der Waals surface area contributed by atoms with Crippen molar-refractivity contribution < 1.29 is 4.79 Å². The van der Waals surface area contributed by atoms with Gasteiger partial charge in [0, 0.05) is 18.0 Å². The number of carbonyl (C=O) groups excluding carboxylic acids is 1. The molecule has 3 aromatic rings. The Bertz CT molecular complexity index is 1150. The van der Waals surface area contributed by atoms with Gasteiger partial charge in [0.1, 0.15) is 4.83 Å². The molecule has 7 heteroatoms. The summed E-state index contributed by atoms with van der Waals surface area (Å²) < 4.78 is 1.78. The van der Waals surface area contributed by atoms with E-state index in [-0.39, 0.29) is 16.7 Å². The third-order valence-electron chi connectivity index (χ3n) is 5.58. The molecule has 1 aromatic carbocycles. The smallest absolute Gasteiger partial charge is 0.263 e. The Labute approximate surface area is 190 Å². The first-order valence-corrected chi connectivity index (χ1v) is 12.4. The van der Waals surface area contributed by atoms with Gasteiger partial charge in [-0.3, -0.25) is 14.2 Å². The van der Waals surface area contributed by atoms with E-state index in [1.165, 1.54) is 34.2 Å². The number of aryl methyl sites for hydroxylation is 3. The molecule has 0 bridgehead atoms. The molecule has 0 fully saturated rings. The molecule has 1 N–H and O–H groups in total. The summed E-state index contributed by atoms with van der Waals surface area (Å²) in [5.74, 6) is -0.0840. The van der Waals surface area contributed by atoms with Crippen molar-refractivity contribution in [1.29, 1.82) is 0 Å². The third-order valence-corrected chi connectivity index (χ3v) is 7.85. The maximum atomic E-state index is 13.6. The Morgan fingerprint density at radius 3 is 2.87 bits per heavy atom. The van der Waals surface area contributed by atoms with Gasteiger partial charge in [-0.05, 0) is 50.2 Å². The Morgan fingerprint density at radius 2 is 2.10 bits per heavy atom. The topological polar surface area (TPSA) is 64.0 Å². The second kappa shape index (κ2) is 9.83. The number of aromatic nitrogens is 2. The summed E-state index contributed by atoms with van der Waals surface area (Å²) in [5.41, 5.74) is 2.40. The van der Waals surface area contributed by atoms with Crippen molar-refractivity contribution >= 4 is 39.2 Å². The lowest BCUT2D eigenvalue weighted by Gasteiger charge is -2.16. The van der Waals surface area contributed by atoms with Gasteiger partial charge in [-0.15, -0.1) is 17.9 Å². The van der Waals surface area contributed by atoms with Gasteiger partial charge in [0.15, 0.2) is 5.16 Å². The standard InChI is InChI=1S/C24H27N3O2S2/c1-3-14-25-21(28)16(2)30-24-26-22-20(18-11-7-8-12-19(18)31-22)23(29)27(24)15-13-17-9-5-4-6-10-17/h3-6,9-10,16H,1,7-8,11-15H2,2H3,(H,25,28). The van der Waals surface area contributed by atoms with Gasteiger partial charge in [0.25, 0.3) is 5.56 Å². The van der Waals surface area contributed by atoms with E-state index in [1.807, 2.05) is 25.1 Å². The molecule has 1 aliphatic carbocycles. The highest BCUT2D eigenvalue weighted by molar-refractivity contribution is 8.00. The molecular weight excluding hydrogens is 426 g/mol. The molecule has 5 nitrogen and oxygen atoms in total. The summed E-state index contributed by atoms with van der Waals surface area (Å²) >= 11 is 3.00. The summed E-state index contributed by atoms with van der Waals surface area (Å²) in [5, 5.41) is 3.88. The lowest BCUT2D eigenvalue weighted by atomic mass is 9.97. The number of nitrogens with zero attached hydrogens (tertiary/aromatic N) is 2. The minimum absolute atomic E-state index is 0.0292. The number of hydrogen-bond acceptors (Lipinski definition) is 5. The Hall–Kier alpha value is -2.38. The van der Waals surface area contributed by atoms with Crippen LogP contribution in [0.3, 0.4) is 0 Å². The first-order chi connectivity index (χ1) is 15.1. The number of amides is 1. The Morgan fingerprint density at radius 1 is 1.32 bits per heavy atom. The van der Waals surface area contributed by atoms with E-state index < -0.39 is 0 Å². The molecule has 1 aliphatic rings. The van der Waals surface area contributed by atoms with E-state index in [4.69, 9.17) is 4.98 Å². The van der Waals surface area contributed by atoms with Crippen molar-refractivity contribution in [2.75, 3.05) is 6.54 Å². The van der Waals surface area contributed by atoms with Crippen LogP contribution >= 0.6 is 23.1 Å². The molecule has 1 unspecified atom stereocenters. The number of hydrogen-bond donors (Lipinski definition) is 1. The zero-order valence-electron chi connectivity index (χ0n) is 17.7. The van der Waals surface area contributed by atoms with Crippen molar-refractivity contribution in [1.82, 2.24) is 14.9 Å². The van der Waals surface area contributed by atoms with Crippen molar-refractivity contribution in [3.05, 3.63) is 69.3 Å². The maximum Gasteiger partial charge on any atom is 0.263 e. The first kappa shape index (κ1) is 21.8. The van der Waals surface area contributed by atoms with Crippen LogP contribution in [0.1, 0.15) is 35.8 Å². The molecule has 0 radical (unpaired) electrons. The highest BCUT2D eigenvalue weighted by atomic mass is 32.2. The van der Waals surface area contributed by atoms with Gasteiger partial charge in [-0.2, -0.15) is 0 Å².